The van der Waals surface area contributed by atoms with Crippen molar-refractivity contribution in [1.29, 1.82) is 0 Å². The third-order valence-electron chi connectivity index (χ3n) is 7.83. The Bertz CT molecular complexity index is 1490. The highest BCUT2D eigenvalue weighted by atomic mass is 35.5. The second-order valence-electron chi connectivity index (χ2n) is 11.0. The minimum absolute atomic E-state index is 0.0572. The van der Waals surface area contributed by atoms with E-state index in [2.05, 4.69) is 5.32 Å². The number of carbonyl (C=O) groups excluding carboxylic acids is 2. The van der Waals surface area contributed by atoms with Crippen molar-refractivity contribution in [1.82, 2.24) is 10.2 Å². The number of benzene rings is 3. The zero-order valence-corrected chi connectivity index (χ0v) is 26.1. The van der Waals surface area contributed by atoms with Crippen molar-refractivity contribution in [2.75, 3.05) is 10.8 Å². The van der Waals surface area contributed by atoms with Crippen LogP contribution >= 0.6 is 11.6 Å². The average molecular weight is 610 g/mol. The summed E-state index contributed by atoms with van der Waals surface area (Å²) < 4.78 is 29.0. The number of nitrogens with zero attached hydrogens (tertiary/aromatic N) is 2. The van der Waals surface area contributed by atoms with Crippen LogP contribution in [0.2, 0.25) is 5.02 Å². The van der Waals surface area contributed by atoms with Crippen molar-refractivity contribution in [3.63, 3.8) is 0 Å². The molecule has 3 aromatic carbocycles. The molecule has 1 N–H and O–H groups in total. The maximum atomic E-state index is 14.2. The Balaban J connectivity index is 1.71. The first-order valence-electron chi connectivity index (χ1n) is 14.6. The molecular formula is C33H40ClN3O4S. The molecule has 3 aromatic rings. The lowest BCUT2D eigenvalue weighted by Crippen LogP contribution is -2.54. The van der Waals surface area contributed by atoms with Gasteiger partial charge in [0, 0.05) is 17.6 Å². The van der Waals surface area contributed by atoms with Crippen molar-refractivity contribution in [3.8, 4) is 0 Å². The molecule has 0 bridgehead atoms. The first-order valence-corrected chi connectivity index (χ1v) is 16.4. The minimum Gasteiger partial charge on any atom is -0.352 e. The highest BCUT2D eigenvalue weighted by Crippen LogP contribution is 2.29. The molecule has 9 heteroatoms. The summed E-state index contributed by atoms with van der Waals surface area (Å²) in [6, 6.07) is 20.0. The van der Waals surface area contributed by atoms with Gasteiger partial charge in [0.05, 0.1) is 10.6 Å². The molecule has 1 aliphatic carbocycles. The lowest BCUT2D eigenvalue weighted by Gasteiger charge is -2.34. The van der Waals surface area contributed by atoms with E-state index in [0.717, 1.165) is 53.1 Å². The van der Waals surface area contributed by atoms with Crippen LogP contribution in [-0.4, -0.2) is 43.8 Å². The van der Waals surface area contributed by atoms with Gasteiger partial charge in [-0.1, -0.05) is 91.9 Å². The monoisotopic (exact) mass is 609 g/mol. The van der Waals surface area contributed by atoms with E-state index in [-0.39, 0.29) is 29.1 Å². The Morgan fingerprint density at radius 2 is 1.67 bits per heavy atom. The highest BCUT2D eigenvalue weighted by molar-refractivity contribution is 7.92. The Morgan fingerprint density at radius 1 is 0.952 bits per heavy atom. The molecule has 0 aliphatic heterocycles. The van der Waals surface area contributed by atoms with E-state index < -0.39 is 28.5 Å². The Labute approximate surface area is 254 Å². The molecular weight excluding hydrogens is 570 g/mol. The van der Waals surface area contributed by atoms with E-state index in [4.69, 9.17) is 11.6 Å². The number of hydrogen-bond donors (Lipinski definition) is 1. The van der Waals surface area contributed by atoms with Gasteiger partial charge in [-0.25, -0.2) is 8.42 Å². The smallest absolute Gasteiger partial charge is 0.264 e. The molecule has 1 fully saturated rings. The van der Waals surface area contributed by atoms with Gasteiger partial charge in [0.25, 0.3) is 10.0 Å². The molecule has 0 spiro atoms. The number of sulfonamides is 1. The average Bonchev–Trinajstić information content (AvgIpc) is 2.98. The summed E-state index contributed by atoms with van der Waals surface area (Å²) in [6.07, 6.45) is 5.53. The number of nitrogens with one attached hydrogen (secondary N) is 1. The SMILES string of the molecule is CC[C@@H](C(=O)NC1CCCCC1)N(Cc1cccc(C)c1)C(=O)CN(c1ccc(C)c(Cl)c1)S(=O)(=O)c1ccccc1. The normalized spacial score (nSPS) is 14.7. The molecule has 2 amide bonds. The van der Waals surface area contributed by atoms with Gasteiger partial charge in [-0.15, -0.1) is 0 Å². The fourth-order valence-electron chi connectivity index (χ4n) is 5.46. The highest BCUT2D eigenvalue weighted by Gasteiger charge is 2.34. The van der Waals surface area contributed by atoms with E-state index in [1.807, 2.05) is 45.0 Å². The van der Waals surface area contributed by atoms with Gasteiger partial charge in [0.1, 0.15) is 12.6 Å². The van der Waals surface area contributed by atoms with Crippen molar-refractivity contribution in [2.45, 2.75) is 82.8 Å². The molecule has 7 nitrogen and oxygen atoms in total. The summed E-state index contributed by atoms with van der Waals surface area (Å²) in [7, 11) is -4.14. The van der Waals surface area contributed by atoms with Crippen molar-refractivity contribution in [3.05, 3.63) is 94.5 Å². The lowest BCUT2D eigenvalue weighted by molar-refractivity contribution is -0.140. The van der Waals surface area contributed by atoms with Crippen molar-refractivity contribution < 1.29 is 18.0 Å². The first kappa shape index (κ1) is 31.6. The van der Waals surface area contributed by atoms with E-state index in [1.165, 1.54) is 17.0 Å². The summed E-state index contributed by atoms with van der Waals surface area (Å²) >= 11 is 6.41. The second kappa shape index (κ2) is 14.2. The molecule has 1 aliphatic rings. The van der Waals surface area contributed by atoms with Crippen LogP contribution in [0.3, 0.4) is 0 Å². The van der Waals surface area contributed by atoms with Crippen molar-refractivity contribution in [2.24, 2.45) is 0 Å². The summed E-state index contributed by atoms with van der Waals surface area (Å²) in [5.41, 5.74) is 2.96. The summed E-state index contributed by atoms with van der Waals surface area (Å²) in [5.74, 6) is -0.681. The predicted molar refractivity (Wildman–Crippen MR) is 168 cm³/mol. The maximum absolute atomic E-state index is 14.2. The molecule has 0 saturated heterocycles. The van der Waals surface area contributed by atoms with E-state index in [9.17, 15) is 18.0 Å². The minimum atomic E-state index is -4.14. The predicted octanol–water partition coefficient (Wildman–Crippen LogP) is 6.41. The molecule has 1 saturated carbocycles. The quantitative estimate of drug-likeness (QED) is 0.272. The Hall–Kier alpha value is -3.36. The first-order chi connectivity index (χ1) is 20.1. The van der Waals surface area contributed by atoms with Gasteiger partial charge in [0.15, 0.2) is 0 Å². The lowest BCUT2D eigenvalue weighted by atomic mass is 9.95. The van der Waals surface area contributed by atoms with Crippen LogP contribution in [0.4, 0.5) is 5.69 Å². The molecule has 0 radical (unpaired) electrons. The van der Waals surface area contributed by atoms with Crippen LogP contribution in [0.1, 0.15) is 62.1 Å². The third-order valence-corrected chi connectivity index (χ3v) is 10.0. The third kappa shape index (κ3) is 7.72. The second-order valence-corrected chi connectivity index (χ2v) is 13.3. The van der Waals surface area contributed by atoms with Crippen LogP contribution < -0.4 is 9.62 Å². The number of carbonyl (C=O) groups is 2. The number of anilines is 1. The molecule has 1 atom stereocenters. The molecule has 224 valence electrons. The summed E-state index contributed by atoms with van der Waals surface area (Å²) in [5, 5.41) is 3.57. The number of amides is 2. The van der Waals surface area contributed by atoms with Crippen LogP contribution in [0.5, 0.6) is 0 Å². The topological polar surface area (TPSA) is 86.8 Å². The van der Waals surface area contributed by atoms with Gasteiger partial charge in [-0.2, -0.15) is 0 Å². The fourth-order valence-corrected chi connectivity index (χ4v) is 7.06. The van der Waals surface area contributed by atoms with Gasteiger partial charge < -0.3 is 10.2 Å². The molecule has 0 heterocycles. The van der Waals surface area contributed by atoms with Crippen LogP contribution in [0.15, 0.2) is 77.7 Å². The van der Waals surface area contributed by atoms with Gasteiger partial charge in [0.2, 0.25) is 11.8 Å². The zero-order valence-electron chi connectivity index (χ0n) is 24.6. The van der Waals surface area contributed by atoms with Gasteiger partial charge in [-0.05, 0) is 68.5 Å². The Morgan fingerprint density at radius 3 is 2.31 bits per heavy atom. The molecule has 0 unspecified atom stereocenters. The fraction of sp³-hybridized carbons (Fsp3) is 0.394. The van der Waals surface area contributed by atoms with E-state index >= 15 is 0 Å². The summed E-state index contributed by atoms with van der Waals surface area (Å²) in [6.45, 7) is 5.35. The van der Waals surface area contributed by atoms with Crippen LogP contribution in [0.25, 0.3) is 0 Å². The maximum Gasteiger partial charge on any atom is 0.264 e. The molecule has 42 heavy (non-hydrogen) atoms. The molecule has 0 aromatic heterocycles. The van der Waals surface area contributed by atoms with Crippen LogP contribution in [-0.2, 0) is 26.2 Å². The van der Waals surface area contributed by atoms with Crippen molar-refractivity contribution >= 4 is 39.1 Å². The zero-order chi connectivity index (χ0) is 30.3. The number of rotatable bonds is 11. The van der Waals surface area contributed by atoms with E-state index in [0.29, 0.717) is 11.4 Å². The summed E-state index contributed by atoms with van der Waals surface area (Å²) in [4.78, 5) is 29.5. The number of hydrogen-bond acceptors (Lipinski definition) is 4. The Kier molecular flexibility index (Phi) is 10.7. The van der Waals surface area contributed by atoms with Gasteiger partial charge >= 0.3 is 0 Å². The van der Waals surface area contributed by atoms with Crippen LogP contribution in [0, 0.1) is 13.8 Å². The largest absolute Gasteiger partial charge is 0.352 e. The van der Waals surface area contributed by atoms with E-state index in [1.54, 1.807) is 36.4 Å². The number of halogens is 1. The molecule has 4 rings (SSSR count). The number of aryl methyl sites for hydroxylation is 2. The van der Waals surface area contributed by atoms with Gasteiger partial charge in [-0.3, -0.25) is 13.9 Å². The standard InChI is InChI=1S/C33H40ClN3O4S/c1-4-31(33(39)35-27-14-7-5-8-15-27)36(22-26-13-11-12-24(2)20-26)32(38)23-37(28-19-18-25(3)30(34)21-28)42(40,41)29-16-9-6-10-17-29/h6,9-13,16-21,27,31H,4-5,7-8,14-15,22-23H2,1-3H3,(H,35,39)/t31-/m0/s1.